The van der Waals surface area contributed by atoms with E-state index in [4.69, 9.17) is 11.6 Å². The van der Waals surface area contributed by atoms with Crippen molar-refractivity contribution in [3.05, 3.63) is 0 Å². The number of halogens is 4. The van der Waals surface area contributed by atoms with Crippen LogP contribution >= 0.6 is 11.6 Å². The second-order valence-corrected chi connectivity index (χ2v) is 3.22. The molecule has 2 unspecified atom stereocenters. The zero-order chi connectivity index (χ0) is 9.78. The highest BCUT2D eigenvalue weighted by atomic mass is 35.5. The van der Waals surface area contributed by atoms with Crippen LogP contribution in [0.4, 0.5) is 13.2 Å². The molecule has 0 rings (SSSR count). The van der Waals surface area contributed by atoms with E-state index in [1.54, 1.807) is 13.8 Å². The maximum Gasteiger partial charge on any atom is 0.401 e. The number of hydrogen-bond acceptors (Lipinski definition) is 1. The first-order valence-electron chi connectivity index (χ1n) is 3.73. The van der Waals surface area contributed by atoms with Crippen molar-refractivity contribution in [2.45, 2.75) is 26.1 Å². The molecule has 0 spiro atoms. The molecule has 0 saturated heterocycles. The molecule has 0 heterocycles. The van der Waals surface area contributed by atoms with Crippen LogP contribution < -0.4 is 5.32 Å². The van der Waals surface area contributed by atoms with Gasteiger partial charge in [0.15, 0.2) is 0 Å². The lowest BCUT2D eigenvalue weighted by atomic mass is 10.1. The molecule has 0 aliphatic heterocycles. The van der Waals surface area contributed by atoms with Gasteiger partial charge in [-0.05, 0) is 12.8 Å². The molecule has 0 aromatic carbocycles. The average molecular weight is 204 g/mol. The molecule has 0 radical (unpaired) electrons. The molecule has 5 heteroatoms. The van der Waals surface area contributed by atoms with Crippen molar-refractivity contribution in [3.63, 3.8) is 0 Å². The molecule has 12 heavy (non-hydrogen) atoms. The quantitative estimate of drug-likeness (QED) is 0.692. The summed E-state index contributed by atoms with van der Waals surface area (Å²) in [5.74, 6) is 0.417. The van der Waals surface area contributed by atoms with Crippen LogP contribution in [0.5, 0.6) is 0 Å². The second kappa shape index (κ2) is 4.92. The fourth-order valence-corrected chi connectivity index (χ4v) is 0.879. The minimum absolute atomic E-state index is 0.0500. The smallest absolute Gasteiger partial charge is 0.306 e. The minimum Gasteiger partial charge on any atom is -0.306 e. The van der Waals surface area contributed by atoms with Crippen LogP contribution in [0.3, 0.4) is 0 Å². The van der Waals surface area contributed by atoms with E-state index in [1.807, 2.05) is 0 Å². The Hall–Kier alpha value is 0.0400. The molecule has 74 valence electrons. The molecule has 0 aromatic rings. The fourth-order valence-electron chi connectivity index (χ4n) is 0.612. The molecule has 0 bridgehead atoms. The van der Waals surface area contributed by atoms with Crippen LogP contribution in [0.15, 0.2) is 0 Å². The van der Waals surface area contributed by atoms with Crippen LogP contribution in [-0.4, -0.2) is 24.6 Å². The van der Waals surface area contributed by atoms with Crippen LogP contribution in [0.25, 0.3) is 0 Å². The number of rotatable bonds is 4. The molecule has 2 atom stereocenters. The van der Waals surface area contributed by atoms with Gasteiger partial charge in [-0.15, -0.1) is 11.6 Å². The molecule has 1 N–H and O–H groups in total. The summed E-state index contributed by atoms with van der Waals surface area (Å²) in [4.78, 5) is 0. The van der Waals surface area contributed by atoms with Gasteiger partial charge in [0.05, 0.1) is 6.54 Å². The lowest BCUT2D eigenvalue weighted by molar-refractivity contribution is -0.126. The number of alkyl halides is 4. The Labute approximate surface area is 75.3 Å². The van der Waals surface area contributed by atoms with Crippen molar-refractivity contribution in [2.24, 2.45) is 5.92 Å². The molecular weight excluding hydrogens is 191 g/mol. The Morgan fingerprint density at radius 3 is 2.17 bits per heavy atom. The van der Waals surface area contributed by atoms with E-state index in [-0.39, 0.29) is 12.0 Å². The van der Waals surface area contributed by atoms with Crippen molar-refractivity contribution < 1.29 is 13.2 Å². The summed E-state index contributed by atoms with van der Waals surface area (Å²) in [5, 5.41) is 2.36. The summed E-state index contributed by atoms with van der Waals surface area (Å²) in [6.07, 6.45) is -4.14. The molecule has 0 aromatic heterocycles. The number of hydrogen-bond donors (Lipinski definition) is 1. The topological polar surface area (TPSA) is 12.0 Å². The molecule has 0 aliphatic rings. The first-order chi connectivity index (χ1) is 5.37. The Balaban J connectivity index is 3.64. The maximum atomic E-state index is 11.7. The highest BCUT2D eigenvalue weighted by molar-refractivity contribution is 6.18. The predicted octanol–water partition coefficient (Wildman–Crippen LogP) is 2.40. The monoisotopic (exact) mass is 203 g/mol. The van der Waals surface area contributed by atoms with Gasteiger partial charge in [-0.1, -0.05) is 6.92 Å². The molecule has 0 amide bonds. The maximum absolute atomic E-state index is 11.7. The van der Waals surface area contributed by atoms with Crippen molar-refractivity contribution in [1.29, 1.82) is 0 Å². The minimum atomic E-state index is -4.14. The van der Waals surface area contributed by atoms with E-state index >= 15 is 0 Å². The van der Waals surface area contributed by atoms with Gasteiger partial charge in [-0.25, -0.2) is 0 Å². The summed E-state index contributed by atoms with van der Waals surface area (Å²) in [6, 6.07) is -0.205. The molecule has 0 fully saturated rings. The standard InChI is InChI=1S/C7H13ClF3N/c1-5(3-8)6(2)12-4-7(9,10)11/h5-6,12H,3-4H2,1-2H3. The van der Waals surface area contributed by atoms with Gasteiger partial charge in [-0.2, -0.15) is 13.2 Å². The van der Waals surface area contributed by atoms with Gasteiger partial charge in [0.25, 0.3) is 0 Å². The van der Waals surface area contributed by atoms with E-state index < -0.39 is 12.7 Å². The van der Waals surface area contributed by atoms with Crippen molar-refractivity contribution in [1.82, 2.24) is 5.32 Å². The summed E-state index contributed by atoms with van der Waals surface area (Å²) in [5.41, 5.74) is 0. The molecular formula is C7H13ClF3N. The van der Waals surface area contributed by atoms with Gasteiger partial charge in [0, 0.05) is 11.9 Å². The van der Waals surface area contributed by atoms with E-state index in [9.17, 15) is 13.2 Å². The van der Waals surface area contributed by atoms with E-state index in [2.05, 4.69) is 5.32 Å². The number of nitrogens with one attached hydrogen (secondary N) is 1. The van der Waals surface area contributed by atoms with Crippen LogP contribution in [0.1, 0.15) is 13.8 Å². The zero-order valence-electron chi connectivity index (χ0n) is 7.08. The highest BCUT2D eigenvalue weighted by Gasteiger charge is 2.27. The average Bonchev–Trinajstić information content (AvgIpc) is 1.97. The van der Waals surface area contributed by atoms with Crippen LogP contribution in [-0.2, 0) is 0 Å². The van der Waals surface area contributed by atoms with Crippen molar-refractivity contribution in [2.75, 3.05) is 12.4 Å². The van der Waals surface area contributed by atoms with E-state index in [1.165, 1.54) is 0 Å². The summed E-state index contributed by atoms with van der Waals surface area (Å²) >= 11 is 5.48. The first-order valence-corrected chi connectivity index (χ1v) is 4.26. The van der Waals surface area contributed by atoms with E-state index in [0.717, 1.165) is 0 Å². The Bertz CT molecular complexity index is 126. The highest BCUT2D eigenvalue weighted by Crippen LogP contribution is 2.14. The SMILES string of the molecule is CC(CCl)C(C)NCC(F)(F)F. The second-order valence-electron chi connectivity index (χ2n) is 2.92. The molecule has 0 aliphatic carbocycles. The molecule has 1 nitrogen and oxygen atoms in total. The Morgan fingerprint density at radius 2 is 1.83 bits per heavy atom. The normalized spacial score (nSPS) is 17.5. The van der Waals surface area contributed by atoms with Crippen LogP contribution in [0, 0.1) is 5.92 Å². The fraction of sp³-hybridized carbons (Fsp3) is 1.00. The van der Waals surface area contributed by atoms with Crippen molar-refractivity contribution >= 4 is 11.6 Å². The lowest BCUT2D eigenvalue weighted by Gasteiger charge is -2.19. The first kappa shape index (κ1) is 12.0. The third kappa shape index (κ3) is 5.66. The van der Waals surface area contributed by atoms with Gasteiger partial charge < -0.3 is 5.32 Å². The van der Waals surface area contributed by atoms with E-state index in [0.29, 0.717) is 5.88 Å². The largest absolute Gasteiger partial charge is 0.401 e. The third-order valence-electron chi connectivity index (χ3n) is 1.72. The summed E-state index contributed by atoms with van der Waals surface area (Å²) in [6.45, 7) is 2.55. The third-order valence-corrected chi connectivity index (χ3v) is 2.21. The summed E-state index contributed by atoms with van der Waals surface area (Å²) in [7, 11) is 0. The van der Waals surface area contributed by atoms with Gasteiger partial charge in [0.2, 0.25) is 0 Å². The molecule has 0 saturated carbocycles. The van der Waals surface area contributed by atoms with Gasteiger partial charge >= 0.3 is 6.18 Å². The van der Waals surface area contributed by atoms with Gasteiger partial charge in [-0.3, -0.25) is 0 Å². The Kier molecular flexibility index (Phi) is 4.94. The Morgan fingerprint density at radius 1 is 1.33 bits per heavy atom. The van der Waals surface area contributed by atoms with Crippen LogP contribution in [0.2, 0.25) is 0 Å². The summed E-state index contributed by atoms with van der Waals surface area (Å²) < 4.78 is 35.1. The van der Waals surface area contributed by atoms with Gasteiger partial charge in [0.1, 0.15) is 0 Å². The van der Waals surface area contributed by atoms with Crippen molar-refractivity contribution in [3.8, 4) is 0 Å². The lowest BCUT2D eigenvalue weighted by Crippen LogP contribution is -2.39. The zero-order valence-corrected chi connectivity index (χ0v) is 7.84. The predicted molar refractivity (Wildman–Crippen MR) is 43.4 cm³/mol.